The number of carbonyl (C=O) groups excluding carboxylic acids is 1. The summed E-state index contributed by atoms with van der Waals surface area (Å²) in [5.41, 5.74) is 1.63. The van der Waals surface area contributed by atoms with E-state index in [4.69, 9.17) is 4.43 Å². The summed E-state index contributed by atoms with van der Waals surface area (Å²) in [6, 6.07) is 0. The molecule has 4 aliphatic carbocycles. The van der Waals surface area contributed by atoms with Crippen molar-refractivity contribution in [3.05, 3.63) is 11.6 Å². The monoisotopic (exact) mass is 600 g/mol. The van der Waals surface area contributed by atoms with Gasteiger partial charge in [-0.25, -0.2) is 0 Å². The van der Waals surface area contributed by atoms with Gasteiger partial charge in [0.15, 0.2) is 14.1 Å². The summed E-state index contributed by atoms with van der Waals surface area (Å²) < 4.78 is 6.35. The number of aliphatic carboxylic acids is 1. The van der Waals surface area contributed by atoms with Crippen LogP contribution in [0.4, 0.5) is 0 Å². The minimum Gasteiger partial charge on any atom is -0.481 e. The zero-order chi connectivity index (χ0) is 31.0. The molecule has 0 aromatic heterocycles. The van der Waals surface area contributed by atoms with Gasteiger partial charge in [-0.1, -0.05) is 85.6 Å². The normalized spacial score (nSPS) is 36.7. The molecule has 0 spiro atoms. The molecule has 4 aliphatic rings. The smallest absolute Gasteiger partial charge is 0.303 e. The molecule has 1 N–H and O–H groups in total. The minimum atomic E-state index is -1.62. The molecular formula is C37H64O4Si. The number of ketones is 1. The van der Waals surface area contributed by atoms with Crippen molar-refractivity contribution in [2.75, 3.05) is 6.61 Å². The van der Waals surface area contributed by atoms with Gasteiger partial charge in [-0.05, 0) is 115 Å². The van der Waals surface area contributed by atoms with Gasteiger partial charge in [-0.15, -0.1) is 0 Å². The largest absolute Gasteiger partial charge is 0.481 e. The van der Waals surface area contributed by atoms with Crippen LogP contribution < -0.4 is 0 Å². The van der Waals surface area contributed by atoms with E-state index in [2.05, 4.69) is 60.7 Å². The van der Waals surface area contributed by atoms with E-state index in [9.17, 15) is 14.7 Å². The number of rotatable bonds is 13. The van der Waals surface area contributed by atoms with Crippen molar-refractivity contribution < 1.29 is 19.1 Å². The Balaban J connectivity index is 1.32. The Kier molecular flexibility index (Phi) is 10.4. The highest BCUT2D eigenvalue weighted by molar-refractivity contribution is 6.74. The number of hydrogen-bond donors (Lipinski definition) is 1. The zero-order valence-corrected chi connectivity index (χ0v) is 29.6. The summed E-state index contributed by atoms with van der Waals surface area (Å²) in [7, 11) is -1.62. The fourth-order valence-corrected chi connectivity index (χ4v) is 11.0. The Bertz CT molecular complexity index is 1010. The lowest BCUT2D eigenvalue weighted by molar-refractivity contribution is -0.145. The Labute approximate surface area is 259 Å². The topological polar surface area (TPSA) is 63.6 Å². The van der Waals surface area contributed by atoms with E-state index < -0.39 is 14.3 Å². The number of carbonyl (C=O) groups is 2. The molecule has 0 aliphatic heterocycles. The molecule has 3 saturated carbocycles. The fourth-order valence-electron chi connectivity index (χ4n) is 9.92. The molecule has 3 fully saturated rings. The number of allylic oxidation sites excluding steroid dienone is 1. The number of hydrogen-bond acceptors (Lipinski definition) is 3. The highest BCUT2D eigenvalue weighted by Gasteiger charge is 2.64. The van der Waals surface area contributed by atoms with E-state index in [1.807, 2.05) is 0 Å². The molecular weight excluding hydrogens is 536 g/mol. The third-order valence-electron chi connectivity index (χ3n) is 13.9. The summed E-state index contributed by atoms with van der Waals surface area (Å²) in [4.78, 5) is 24.5. The van der Waals surface area contributed by atoms with Gasteiger partial charge < -0.3 is 9.53 Å². The van der Waals surface area contributed by atoms with E-state index in [0.717, 1.165) is 32.3 Å². The molecule has 4 nitrogen and oxygen atoms in total. The van der Waals surface area contributed by atoms with Crippen LogP contribution in [-0.2, 0) is 14.0 Å². The maximum absolute atomic E-state index is 12.5. The quantitative estimate of drug-likeness (QED) is 0.169. The lowest BCUT2D eigenvalue weighted by Gasteiger charge is -2.62. The molecule has 240 valence electrons. The molecule has 0 bridgehead atoms. The first kappa shape index (κ1) is 33.9. The Hall–Kier alpha value is -0.943. The zero-order valence-electron chi connectivity index (χ0n) is 28.6. The predicted molar refractivity (Wildman–Crippen MR) is 176 cm³/mol. The average Bonchev–Trinajstić information content (AvgIpc) is 3.14. The third-order valence-corrected chi connectivity index (χ3v) is 18.5. The first-order valence-electron chi connectivity index (χ1n) is 17.6. The van der Waals surface area contributed by atoms with Gasteiger partial charge in [0, 0.05) is 13.0 Å². The number of carboxylic acid groups (broad SMARTS) is 1. The number of unbranched alkanes of at least 4 members (excludes halogenated alkanes) is 6. The second-order valence-corrected chi connectivity index (χ2v) is 22.1. The molecule has 0 aromatic carbocycles. The fraction of sp³-hybridized carbons (Fsp3) is 0.892. The van der Waals surface area contributed by atoms with Crippen LogP contribution in [-0.4, -0.2) is 31.8 Å². The molecule has 0 radical (unpaired) electrons. The van der Waals surface area contributed by atoms with Crippen LogP contribution in [0.15, 0.2) is 11.6 Å². The number of carboxylic acids is 1. The summed E-state index contributed by atoms with van der Waals surface area (Å²) in [5.74, 6) is 2.29. The second kappa shape index (κ2) is 12.8. The van der Waals surface area contributed by atoms with Crippen molar-refractivity contribution in [1.82, 2.24) is 0 Å². The standard InChI is InChI=1S/C37H64O4Si/c1-34(2,3)42(7,8)41-23-15-13-11-9-10-12-14-16-27-24-28-25-29(38)17-21-36(28,5)30-19-22-37(6)31(33(27)30)18-20-35(37,4)26-32(39)40/h25,27,30-31,33H,9-24,26H2,1-8H3,(H,39,40)/t27-,30?,31?,33?,35-,36+,37+/m1/s1. The van der Waals surface area contributed by atoms with Crippen molar-refractivity contribution in [3.8, 4) is 0 Å². The summed E-state index contributed by atoms with van der Waals surface area (Å²) in [5, 5.41) is 10.1. The summed E-state index contributed by atoms with van der Waals surface area (Å²) in [6.07, 6.45) is 20.0. The number of fused-ring (bicyclic) bond motifs is 5. The molecule has 0 saturated heterocycles. The van der Waals surface area contributed by atoms with E-state index in [-0.39, 0.29) is 16.2 Å². The average molecular weight is 601 g/mol. The van der Waals surface area contributed by atoms with Crippen molar-refractivity contribution in [3.63, 3.8) is 0 Å². The Morgan fingerprint density at radius 3 is 2.21 bits per heavy atom. The van der Waals surface area contributed by atoms with Gasteiger partial charge in [0.2, 0.25) is 0 Å². The summed E-state index contributed by atoms with van der Waals surface area (Å²) in [6.45, 7) is 19.8. The first-order chi connectivity index (χ1) is 19.5. The Morgan fingerprint density at radius 2 is 1.57 bits per heavy atom. The van der Waals surface area contributed by atoms with Crippen LogP contribution in [0.2, 0.25) is 18.1 Å². The van der Waals surface area contributed by atoms with Gasteiger partial charge >= 0.3 is 5.97 Å². The van der Waals surface area contributed by atoms with E-state index >= 15 is 0 Å². The van der Waals surface area contributed by atoms with E-state index in [1.165, 1.54) is 69.8 Å². The molecule has 4 rings (SSSR count). The lowest BCUT2D eigenvalue weighted by atomic mass is 9.43. The second-order valence-electron chi connectivity index (χ2n) is 17.3. The minimum absolute atomic E-state index is 0.103. The predicted octanol–water partition coefficient (Wildman–Crippen LogP) is 10.4. The van der Waals surface area contributed by atoms with Gasteiger partial charge in [0.05, 0.1) is 6.42 Å². The van der Waals surface area contributed by atoms with Crippen LogP contribution in [0.3, 0.4) is 0 Å². The molecule has 42 heavy (non-hydrogen) atoms. The first-order valence-corrected chi connectivity index (χ1v) is 20.5. The van der Waals surface area contributed by atoms with E-state index in [0.29, 0.717) is 47.3 Å². The van der Waals surface area contributed by atoms with Crippen molar-refractivity contribution in [2.45, 2.75) is 162 Å². The van der Waals surface area contributed by atoms with Gasteiger partial charge in [-0.2, -0.15) is 0 Å². The molecule has 0 heterocycles. The molecule has 5 heteroatoms. The summed E-state index contributed by atoms with van der Waals surface area (Å²) >= 11 is 0. The van der Waals surface area contributed by atoms with Crippen LogP contribution in [0.25, 0.3) is 0 Å². The van der Waals surface area contributed by atoms with E-state index in [1.54, 1.807) is 0 Å². The molecule has 0 aromatic rings. The van der Waals surface area contributed by atoms with Crippen LogP contribution >= 0.6 is 0 Å². The van der Waals surface area contributed by atoms with Crippen LogP contribution in [0.5, 0.6) is 0 Å². The van der Waals surface area contributed by atoms with Gasteiger partial charge in [0.25, 0.3) is 0 Å². The maximum Gasteiger partial charge on any atom is 0.303 e. The van der Waals surface area contributed by atoms with Gasteiger partial charge in [-0.3, -0.25) is 9.59 Å². The van der Waals surface area contributed by atoms with Crippen molar-refractivity contribution in [1.29, 1.82) is 0 Å². The molecule has 7 atom stereocenters. The van der Waals surface area contributed by atoms with Crippen molar-refractivity contribution >= 4 is 20.1 Å². The maximum atomic E-state index is 12.5. The van der Waals surface area contributed by atoms with Crippen molar-refractivity contribution in [2.24, 2.45) is 39.9 Å². The SMILES string of the molecule is CC(C)(C)[Si](C)(C)OCCCCCCCCC[C@@H]1CC2=CC(=O)CC[C@]2(C)C2CC[C@@]3(C)C(CC[C@]3(C)CC(=O)O)C21. The molecule has 0 amide bonds. The highest BCUT2D eigenvalue weighted by Crippen LogP contribution is 2.71. The lowest BCUT2D eigenvalue weighted by Crippen LogP contribution is -2.55. The van der Waals surface area contributed by atoms with Gasteiger partial charge in [0.1, 0.15) is 0 Å². The third kappa shape index (κ3) is 6.68. The van der Waals surface area contributed by atoms with Crippen LogP contribution in [0.1, 0.15) is 144 Å². The molecule has 3 unspecified atom stereocenters. The van der Waals surface area contributed by atoms with Crippen LogP contribution in [0, 0.1) is 39.9 Å². The Morgan fingerprint density at radius 1 is 0.952 bits per heavy atom. The highest BCUT2D eigenvalue weighted by atomic mass is 28.4.